The predicted octanol–water partition coefficient (Wildman–Crippen LogP) is 1.97. The molecule has 4 nitrogen and oxygen atoms in total. The number of carbonyl (C=O) groups is 2. The molecule has 0 amide bonds. The third kappa shape index (κ3) is 3.08. The van der Waals surface area contributed by atoms with E-state index in [0.29, 0.717) is 11.3 Å². The monoisotopic (exact) mass is 222 g/mol. The molecule has 1 N–H and O–H groups in total. The Morgan fingerprint density at radius 1 is 1.38 bits per heavy atom. The molecule has 0 fully saturated rings. The molecule has 0 aliphatic carbocycles. The fourth-order valence-electron chi connectivity index (χ4n) is 1.52. The normalized spacial score (nSPS) is 9.88. The Morgan fingerprint density at radius 2 is 1.94 bits per heavy atom. The Morgan fingerprint density at radius 3 is 2.38 bits per heavy atom. The van der Waals surface area contributed by atoms with Gasteiger partial charge in [-0.15, -0.1) is 0 Å². The molecule has 0 saturated heterocycles. The molecule has 1 aromatic rings. The molecule has 0 aliphatic heterocycles. The van der Waals surface area contributed by atoms with Gasteiger partial charge in [-0.1, -0.05) is 0 Å². The standard InChI is InChI=1S/C12H14O4/c1-8-5-10(7-13)6-9(2)12(8)16-4-3-11(14)15/h5-7H,3-4H2,1-2H3,(H,14,15). The number of carboxylic acid groups (broad SMARTS) is 1. The van der Waals surface area contributed by atoms with Crippen molar-refractivity contribution in [1.82, 2.24) is 0 Å². The number of rotatable bonds is 5. The van der Waals surface area contributed by atoms with E-state index in [1.54, 1.807) is 12.1 Å². The highest BCUT2D eigenvalue weighted by Crippen LogP contribution is 2.24. The van der Waals surface area contributed by atoms with Gasteiger partial charge in [0.15, 0.2) is 0 Å². The maximum absolute atomic E-state index is 10.6. The van der Waals surface area contributed by atoms with Gasteiger partial charge in [0.2, 0.25) is 0 Å². The highest BCUT2D eigenvalue weighted by Gasteiger charge is 2.07. The summed E-state index contributed by atoms with van der Waals surface area (Å²) in [7, 11) is 0. The predicted molar refractivity (Wildman–Crippen MR) is 59.1 cm³/mol. The van der Waals surface area contributed by atoms with Crippen LogP contribution in [0, 0.1) is 13.8 Å². The van der Waals surface area contributed by atoms with Crippen LogP contribution in [-0.2, 0) is 4.79 Å². The van der Waals surface area contributed by atoms with Crippen molar-refractivity contribution in [2.45, 2.75) is 20.3 Å². The first kappa shape index (κ1) is 12.2. The maximum Gasteiger partial charge on any atom is 0.306 e. The van der Waals surface area contributed by atoms with E-state index in [1.165, 1.54) is 0 Å². The molecule has 16 heavy (non-hydrogen) atoms. The van der Waals surface area contributed by atoms with E-state index in [1.807, 2.05) is 13.8 Å². The van der Waals surface area contributed by atoms with Crippen LogP contribution in [0.1, 0.15) is 27.9 Å². The molecule has 0 aromatic heterocycles. The van der Waals surface area contributed by atoms with Crippen LogP contribution in [0.2, 0.25) is 0 Å². The molecule has 0 radical (unpaired) electrons. The van der Waals surface area contributed by atoms with Crippen molar-refractivity contribution >= 4 is 12.3 Å². The Kier molecular flexibility index (Phi) is 4.05. The van der Waals surface area contributed by atoms with Crippen molar-refractivity contribution in [3.63, 3.8) is 0 Å². The lowest BCUT2D eigenvalue weighted by atomic mass is 10.1. The largest absolute Gasteiger partial charge is 0.492 e. The van der Waals surface area contributed by atoms with Gasteiger partial charge in [-0.3, -0.25) is 9.59 Å². The molecule has 86 valence electrons. The van der Waals surface area contributed by atoms with E-state index in [4.69, 9.17) is 9.84 Å². The first-order valence-electron chi connectivity index (χ1n) is 4.95. The van der Waals surface area contributed by atoms with Gasteiger partial charge in [0.1, 0.15) is 12.0 Å². The minimum Gasteiger partial charge on any atom is -0.492 e. The van der Waals surface area contributed by atoms with Gasteiger partial charge >= 0.3 is 5.97 Å². The van der Waals surface area contributed by atoms with Crippen LogP contribution in [0.5, 0.6) is 5.75 Å². The second-order valence-electron chi connectivity index (χ2n) is 3.59. The molecule has 0 unspecified atom stereocenters. The van der Waals surface area contributed by atoms with Crippen LogP contribution in [0.15, 0.2) is 12.1 Å². The Labute approximate surface area is 93.9 Å². The molecule has 0 bridgehead atoms. The lowest BCUT2D eigenvalue weighted by Gasteiger charge is -2.11. The molecular formula is C12H14O4. The molecule has 0 saturated carbocycles. The number of carbonyl (C=O) groups excluding carboxylic acids is 1. The van der Waals surface area contributed by atoms with E-state index < -0.39 is 5.97 Å². The first-order valence-corrected chi connectivity index (χ1v) is 4.95. The molecule has 1 rings (SSSR count). The van der Waals surface area contributed by atoms with Crippen LogP contribution < -0.4 is 4.74 Å². The Balaban J connectivity index is 2.80. The summed E-state index contributed by atoms with van der Waals surface area (Å²) >= 11 is 0. The molecule has 0 aliphatic rings. The van der Waals surface area contributed by atoms with E-state index in [-0.39, 0.29) is 13.0 Å². The van der Waals surface area contributed by atoms with Gasteiger partial charge in [-0.05, 0) is 37.1 Å². The number of aryl methyl sites for hydroxylation is 2. The first-order chi connectivity index (χ1) is 7.54. The number of aliphatic carboxylic acids is 1. The summed E-state index contributed by atoms with van der Waals surface area (Å²) in [6, 6.07) is 3.44. The van der Waals surface area contributed by atoms with E-state index >= 15 is 0 Å². The molecule has 4 heteroatoms. The fourth-order valence-corrected chi connectivity index (χ4v) is 1.52. The number of carboxylic acids is 1. The molecule has 1 aromatic carbocycles. The van der Waals surface area contributed by atoms with Gasteiger partial charge in [0, 0.05) is 5.56 Å². The van der Waals surface area contributed by atoms with Crippen LogP contribution in [0.3, 0.4) is 0 Å². The van der Waals surface area contributed by atoms with Crippen molar-refractivity contribution < 1.29 is 19.4 Å². The number of benzene rings is 1. The Hall–Kier alpha value is -1.84. The lowest BCUT2D eigenvalue weighted by Crippen LogP contribution is -2.06. The number of hydrogen-bond acceptors (Lipinski definition) is 3. The lowest BCUT2D eigenvalue weighted by molar-refractivity contribution is -0.137. The average Bonchev–Trinajstić information content (AvgIpc) is 2.21. The molecule has 0 spiro atoms. The van der Waals surface area contributed by atoms with Crippen LogP contribution >= 0.6 is 0 Å². The van der Waals surface area contributed by atoms with Crippen molar-refractivity contribution in [1.29, 1.82) is 0 Å². The molecule has 0 atom stereocenters. The highest BCUT2D eigenvalue weighted by molar-refractivity contribution is 5.76. The summed E-state index contributed by atoms with van der Waals surface area (Å²) in [6.45, 7) is 3.80. The quantitative estimate of drug-likeness (QED) is 0.773. The molecule has 0 heterocycles. The average molecular weight is 222 g/mol. The summed E-state index contributed by atoms with van der Waals surface area (Å²) in [5.74, 6) is -0.230. The van der Waals surface area contributed by atoms with Crippen molar-refractivity contribution in [2.24, 2.45) is 0 Å². The van der Waals surface area contributed by atoms with Gasteiger partial charge in [-0.2, -0.15) is 0 Å². The highest BCUT2D eigenvalue weighted by atomic mass is 16.5. The van der Waals surface area contributed by atoms with Gasteiger partial charge in [-0.25, -0.2) is 0 Å². The summed E-state index contributed by atoms with van der Waals surface area (Å²) in [4.78, 5) is 20.9. The second kappa shape index (κ2) is 5.30. The zero-order valence-corrected chi connectivity index (χ0v) is 9.32. The van der Waals surface area contributed by atoms with Crippen molar-refractivity contribution in [3.05, 3.63) is 28.8 Å². The van der Waals surface area contributed by atoms with Crippen molar-refractivity contribution in [2.75, 3.05) is 6.61 Å². The summed E-state index contributed by atoms with van der Waals surface area (Å²) in [6.07, 6.45) is 0.745. The van der Waals surface area contributed by atoms with E-state index in [0.717, 1.165) is 17.4 Å². The zero-order chi connectivity index (χ0) is 12.1. The van der Waals surface area contributed by atoms with Crippen LogP contribution in [0.4, 0.5) is 0 Å². The minimum atomic E-state index is -0.889. The molecular weight excluding hydrogens is 208 g/mol. The number of hydrogen-bond donors (Lipinski definition) is 1. The number of aldehydes is 1. The SMILES string of the molecule is Cc1cc(C=O)cc(C)c1OCCC(=O)O. The van der Waals surface area contributed by atoms with Crippen LogP contribution in [-0.4, -0.2) is 24.0 Å². The topological polar surface area (TPSA) is 63.6 Å². The van der Waals surface area contributed by atoms with Crippen molar-refractivity contribution in [3.8, 4) is 5.75 Å². The van der Waals surface area contributed by atoms with Gasteiger partial charge < -0.3 is 9.84 Å². The zero-order valence-electron chi connectivity index (χ0n) is 9.32. The van der Waals surface area contributed by atoms with Gasteiger partial charge in [0.25, 0.3) is 0 Å². The number of ether oxygens (including phenoxy) is 1. The maximum atomic E-state index is 10.6. The smallest absolute Gasteiger partial charge is 0.306 e. The summed E-state index contributed by atoms with van der Waals surface area (Å²) in [5, 5.41) is 8.49. The Bertz CT molecular complexity index is 386. The minimum absolute atomic E-state index is 0.0334. The second-order valence-corrected chi connectivity index (χ2v) is 3.59. The van der Waals surface area contributed by atoms with E-state index in [9.17, 15) is 9.59 Å². The summed E-state index contributed by atoms with van der Waals surface area (Å²) < 4.78 is 5.38. The van der Waals surface area contributed by atoms with E-state index in [2.05, 4.69) is 0 Å². The van der Waals surface area contributed by atoms with Crippen LogP contribution in [0.25, 0.3) is 0 Å². The third-order valence-electron chi connectivity index (χ3n) is 2.18. The fraction of sp³-hybridized carbons (Fsp3) is 0.333. The summed E-state index contributed by atoms with van der Waals surface area (Å²) in [5.41, 5.74) is 2.28. The third-order valence-corrected chi connectivity index (χ3v) is 2.18. The van der Waals surface area contributed by atoms with Gasteiger partial charge in [0.05, 0.1) is 13.0 Å².